The highest BCUT2D eigenvalue weighted by molar-refractivity contribution is 5.84. The predicted molar refractivity (Wildman–Crippen MR) is 89.8 cm³/mol. The monoisotopic (exact) mass is 321 g/mol. The molecule has 1 aliphatic heterocycles. The maximum absolute atomic E-state index is 13.0. The minimum Gasteiger partial charge on any atom is -0.353 e. The molecule has 3 rings (SSSR count). The van der Waals surface area contributed by atoms with Crippen molar-refractivity contribution in [3.8, 4) is 0 Å². The molecule has 23 heavy (non-hydrogen) atoms. The van der Waals surface area contributed by atoms with E-state index < -0.39 is 0 Å². The number of amides is 2. The van der Waals surface area contributed by atoms with Crippen LogP contribution in [-0.4, -0.2) is 49.9 Å². The lowest BCUT2D eigenvalue weighted by molar-refractivity contribution is -0.137. The van der Waals surface area contributed by atoms with Gasteiger partial charge in [-0.05, 0) is 44.6 Å². The summed E-state index contributed by atoms with van der Waals surface area (Å²) in [7, 11) is 3.64. The average Bonchev–Trinajstić information content (AvgIpc) is 2.99. The molecule has 0 aromatic carbocycles. The highest BCUT2D eigenvalue weighted by atomic mass is 16.2. The highest BCUT2D eigenvalue weighted by Crippen LogP contribution is 2.44. The van der Waals surface area contributed by atoms with Crippen LogP contribution in [-0.2, 0) is 9.59 Å². The van der Waals surface area contributed by atoms with Crippen LogP contribution in [0.4, 0.5) is 0 Å². The lowest BCUT2D eigenvalue weighted by Crippen LogP contribution is -2.52. The molecule has 2 N–H and O–H groups in total. The van der Waals surface area contributed by atoms with Crippen LogP contribution in [0.2, 0.25) is 0 Å². The van der Waals surface area contributed by atoms with Gasteiger partial charge in [0.1, 0.15) is 0 Å². The molecule has 130 valence electrons. The second kappa shape index (κ2) is 6.80. The summed E-state index contributed by atoms with van der Waals surface area (Å²) >= 11 is 0. The molecule has 1 heterocycles. The summed E-state index contributed by atoms with van der Waals surface area (Å²) in [5.41, 5.74) is -0.184. The van der Waals surface area contributed by atoms with Crippen LogP contribution in [0.15, 0.2) is 0 Å². The number of fused-ring (bicyclic) bond motifs is 1. The first-order valence-corrected chi connectivity index (χ1v) is 9.26. The largest absolute Gasteiger partial charge is 0.353 e. The summed E-state index contributed by atoms with van der Waals surface area (Å²) in [6, 6.07) is 0.169. The Hall–Kier alpha value is -1.10. The van der Waals surface area contributed by atoms with Crippen molar-refractivity contribution in [3.05, 3.63) is 0 Å². The Morgan fingerprint density at radius 2 is 1.96 bits per heavy atom. The minimum atomic E-state index is -0.184. The molecule has 5 heteroatoms. The standard InChI is InChI=1S/C18H31N3O2/c1-21(2)16(22)13-6-5-8-15(10-13)20-17(23)18-9-4-3-7-14(18)11-19-12-18/h13-15,19H,3-12H2,1-2H3,(H,20,23)/t13?,14-,15?,18+/m0/s1. The van der Waals surface area contributed by atoms with Gasteiger partial charge < -0.3 is 15.5 Å². The first kappa shape index (κ1) is 16.7. The smallest absolute Gasteiger partial charge is 0.228 e. The molecule has 3 aliphatic rings. The first-order chi connectivity index (χ1) is 11.0. The summed E-state index contributed by atoms with van der Waals surface area (Å²) < 4.78 is 0. The van der Waals surface area contributed by atoms with Crippen LogP contribution >= 0.6 is 0 Å². The van der Waals surface area contributed by atoms with E-state index in [1.54, 1.807) is 4.90 Å². The van der Waals surface area contributed by atoms with Crippen molar-refractivity contribution in [2.24, 2.45) is 17.3 Å². The van der Waals surface area contributed by atoms with Gasteiger partial charge in [-0.15, -0.1) is 0 Å². The average molecular weight is 321 g/mol. The number of rotatable bonds is 3. The van der Waals surface area contributed by atoms with E-state index in [0.717, 1.165) is 51.6 Å². The summed E-state index contributed by atoms with van der Waals surface area (Å²) in [5, 5.41) is 6.77. The fourth-order valence-corrected chi connectivity index (χ4v) is 4.93. The lowest BCUT2D eigenvalue weighted by atomic mass is 9.67. The molecule has 2 unspecified atom stereocenters. The van der Waals surface area contributed by atoms with Gasteiger partial charge in [0.2, 0.25) is 11.8 Å². The molecule has 2 amide bonds. The first-order valence-electron chi connectivity index (χ1n) is 9.26. The number of hydrogen-bond acceptors (Lipinski definition) is 3. The van der Waals surface area contributed by atoms with E-state index in [1.165, 1.54) is 12.8 Å². The Bertz CT molecular complexity index is 465. The second-order valence-corrected chi connectivity index (χ2v) is 8.00. The third-order valence-electron chi connectivity index (χ3n) is 6.29. The van der Waals surface area contributed by atoms with Crippen molar-refractivity contribution in [1.29, 1.82) is 0 Å². The molecule has 0 bridgehead atoms. The zero-order chi connectivity index (χ0) is 16.4. The maximum Gasteiger partial charge on any atom is 0.228 e. The molecule has 0 radical (unpaired) electrons. The van der Waals surface area contributed by atoms with Gasteiger partial charge in [0.15, 0.2) is 0 Å². The van der Waals surface area contributed by atoms with Crippen LogP contribution < -0.4 is 10.6 Å². The molecule has 1 saturated heterocycles. The van der Waals surface area contributed by atoms with E-state index in [9.17, 15) is 9.59 Å². The Kier molecular flexibility index (Phi) is 4.95. The van der Waals surface area contributed by atoms with Crippen molar-refractivity contribution in [2.75, 3.05) is 27.2 Å². The van der Waals surface area contributed by atoms with Gasteiger partial charge in [-0.25, -0.2) is 0 Å². The van der Waals surface area contributed by atoms with Crippen LogP contribution in [0.1, 0.15) is 51.4 Å². The Morgan fingerprint density at radius 1 is 1.13 bits per heavy atom. The van der Waals surface area contributed by atoms with Crippen molar-refractivity contribution in [3.63, 3.8) is 0 Å². The molecule has 4 atom stereocenters. The zero-order valence-electron chi connectivity index (χ0n) is 14.6. The number of nitrogens with zero attached hydrogens (tertiary/aromatic N) is 1. The third-order valence-corrected chi connectivity index (χ3v) is 6.29. The van der Waals surface area contributed by atoms with E-state index in [2.05, 4.69) is 10.6 Å². The van der Waals surface area contributed by atoms with Crippen molar-refractivity contribution in [1.82, 2.24) is 15.5 Å². The Labute approximate surface area is 139 Å². The van der Waals surface area contributed by atoms with E-state index in [0.29, 0.717) is 5.92 Å². The van der Waals surface area contributed by atoms with Gasteiger partial charge in [-0.1, -0.05) is 19.3 Å². The van der Waals surface area contributed by atoms with Gasteiger partial charge >= 0.3 is 0 Å². The fraction of sp³-hybridized carbons (Fsp3) is 0.889. The maximum atomic E-state index is 13.0. The van der Waals surface area contributed by atoms with Gasteiger partial charge in [0, 0.05) is 32.6 Å². The molecule has 0 aromatic heterocycles. The van der Waals surface area contributed by atoms with Crippen LogP contribution in [0.3, 0.4) is 0 Å². The van der Waals surface area contributed by atoms with Crippen molar-refractivity contribution < 1.29 is 9.59 Å². The van der Waals surface area contributed by atoms with E-state index >= 15 is 0 Å². The summed E-state index contributed by atoms with van der Waals surface area (Å²) in [6.07, 6.45) is 8.41. The topological polar surface area (TPSA) is 61.4 Å². The van der Waals surface area contributed by atoms with Gasteiger partial charge in [0.05, 0.1) is 5.41 Å². The molecular formula is C18H31N3O2. The van der Waals surface area contributed by atoms with Crippen LogP contribution in [0, 0.1) is 17.3 Å². The second-order valence-electron chi connectivity index (χ2n) is 8.00. The third kappa shape index (κ3) is 3.25. The highest BCUT2D eigenvalue weighted by Gasteiger charge is 2.50. The van der Waals surface area contributed by atoms with E-state index in [-0.39, 0.29) is 29.2 Å². The summed E-state index contributed by atoms with van der Waals surface area (Å²) in [5.74, 6) is 1.03. The molecule has 2 saturated carbocycles. The van der Waals surface area contributed by atoms with Gasteiger partial charge in [-0.3, -0.25) is 9.59 Å². The molecule has 3 fully saturated rings. The zero-order valence-corrected chi connectivity index (χ0v) is 14.6. The summed E-state index contributed by atoms with van der Waals surface area (Å²) in [4.78, 5) is 26.9. The minimum absolute atomic E-state index is 0.0744. The van der Waals surface area contributed by atoms with Crippen LogP contribution in [0.25, 0.3) is 0 Å². The molecule has 2 aliphatic carbocycles. The van der Waals surface area contributed by atoms with Gasteiger partial charge in [0.25, 0.3) is 0 Å². The normalized spacial score (nSPS) is 37.0. The molecular weight excluding hydrogens is 290 g/mol. The fourth-order valence-electron chi connectivity index (χ4n) is 4.93. The van der Waals surface area contributed by atoms with E-state index in [4.69, 9.17) is 0 Å². The predicted octanol–water partition coefficient (Wildman–Crippen LogP) is 1.53. The number of carbonyl (C=O) groups excluding carboxylic acids is 2. The van der Waals surface area contributed by atoms with E-state index in [1.807, 2.05) is 14.1 Å². The number of hydrogen-bond donors (Lipinski definition) is 2. The quantitative estimate of drug-likeness (QED) is 0.829. The SMILES string of the molecule is CN(C)C(=O)C1CCCC(NC(=O)[C@@]23CCCC[C@H]2CNC3)C1. The molecule has 0 spiro atoms. The Morgan fingerprint density at radius 3 is 2.74 bits per heavy atom. The Balaban J connectivity index is 1.62. The number of carbonyl (C=O) groups is 2. The molecule has 5 nitrogen and oxygen atoms in total. The van der Waals surface area contributed by atoms with Crippen molar-refractivity contribution >= 4 is 11.8 Å². The molecule has 0 aromatic rings. The summed E-state index contributed by atoms with van der Waals surface area (Å²) in [6.45, 7) is 1.82. The lowest BCUT2D eigenvalue weighted by Gasteiger charge is -2.39. The van der Waals surface area contributed by atoms with Gasteiger partial charge in [-0.2, -0.15) is 0 Å². The van der Waals surface area contributed by atoms with Crippen LogP contribution in [0.5, 0.6) is 0 Å². The van der Waals surface area contributed by atoms with Crippen molar-refractivity contribution in [2.45, 2.75) is 57.4 Å². The number of nitrogens with one attached hydrogen (secondary N) is 2.